The second kappa shape index (κ2) is 13.3. The van der Waals surface area contributed by atoms with Crippen molar-refractivity contribution in [3.8, 4) is 0 Å². The molecule has 1 aromatic carbocycles. The van der Waals surface area contributed by atoms with Gasteiger partial charge in [0.15, 0.2) is 0 Å². The third-order valence-corrected chi connectivity index (χ3v) is 3.71. The molecule has 0 unspecified atom stereocenters. The van der Waals surface area contributed by atoms with Crippen LogP contribution in [0.5, 0.6) is 0 Å². The van der Waals surface area contributed by atoms with Gasteiger partial charge in [-0.3, -0.25) is 4.79 Å². The summed E-state index contributed by atoms with van der Waals surface area (Å²) in [5.74, 6) is -0.245. The van der Waals surface area contributed by atoms with Crippen molar-refractivity contribution in [3.63, 3.8) is 0 Å². The molecule has 0 heterocycles. The molecule has 0 aliphatic carbocycles. The van der Waals surface area contributed by atoms with Crippen LogP contribution in [0.15, 0.2) is 36.4 Å². The van der Waals surface area contributed by atoms with Crippen LogP contribution in [-0.4, -0.2) is 25.4 Å². The lowest BCUT2D eigenvalue weighted by Crippen LogP contribution is -2.01. The molecular formula is C20H29NO3. The van der Waals surface area contributed by atoms with Crippen LogP contribution in [0.3, 0.4) is 0 Å². The molecule has 0 spiro atoms. The standard InChI is InChI=1S/C20H29NO3/c1-2-24-20(23)11-9-7-5-3-4-6-8-10-16-21-19-14-12-18(17-22)13-15-19/h9,11-15,17,21H,2-8,10,16H2,1H3. The Balaban J connectivity index is 1.91. The van der Waals surface area contributed by atoms with E-state index in [1.807, 2.05) is 37.3 Å². The normalized spacial score (nSPS) is 10.7. The predicted octanol–water partition coefficient (Wildman–Crippen LogP) is 4.76. The maximum absolute atomic E-state index is 11.1. The minimum Gasteiger partial charge on any atom is -0.463 e. The fraction of sp³-hybridized carbons (Fsp3) is 0.500. The van der Waals surface area contributed by atoms with E-state index >= 15 is 0 Å². The lowest BCUT2D eigenvalue weighted by molar-refractivity contribution is -0.137. The van der Waals surface area contributed by atoms with Gasteiger partial charge in [0.1, 0.15) is 6.29 Å². The van der Waals surface area contributed by atoms with Gasteiger partial charge in [-0.1, -0.05) is 31.8 Å². The summed E-state index contributed by atoms with van der Waals surface area (Å²) < 4.78 is 4.82. The molecule has 0 bridgehead atoms. The molecule has 1 aromatic rings. The number of unbranched alkanes of at least 4 members (excludes halogenated alkanes) is 6. The van der Waals surface area contributed by atoms with Gasteiger partial charge in [0, 0.05) is 23.9 Å². The molecular weight excluding hydrogens is 302 g/mol. The molecule has 0 aliphatic heterocycles. The lowest BCUT2D eigenvalue weighted by atomic mass is 10.1. The Morgan fingerprint density at radius 2 is 1.71 bits per heavy atom. The van der Waals surface area contributed by atoms with Crippen LogP contribution < -0.4 is 5.32 Å². The summed E-state index contributed by atoms with van der Waals surface area (Å²) in [5.41, 5.74) is 1.77. The number of hydrogen-bond acceptors (Lipinski definition) is 4. The van der Waals surface area contributed by atoms with E-state index in [2.05, 4.69) is 5.32 Å². The van der Waals surface area contributed by atoms with Crippen molar-refractivity contribution in [3.05, 3.63) is 42.0 Å². The van der Waals surface area contributed by atoms with E-state index in [0.29, 0.717) is 12.2 Å². The van der Waals surface area contributed by atoms with Crippen molar-refractivity contribution < 1.29 is 14.3 Å². The summed E-state index contributed by atoms with van der Waals surface area (Å²) in [6.07, 6.45) is 12.4. The third-order valence-electron chi connectivity index (χ3n) is 3.71. The Kier molecular flexibility index (Phi) is 11.1. The summed E-state index contributed by atoms with van der Waals surface area (Å²) in [6.45, 7) is 3.20. The van der Waals surface area contributed by atoms with Crippen molar-refractivity contribution in [1.82, 2.24) is 0 Å². The van der Waals surface area contributed by atoms with Crippen LogP contribution in [0.25, 0.3) is 0 Å². The van der Waals surface area contributed by atoms with E-state index in [1.54, 1.807) is 0 Å². The highest BCUT2D eigenvalue weighted by molar-refractivity contribution is 5.81. The van der Waals surface area contributed by atoms with Crippen molar-refractivity contribution in [2.24, 2.45) is 0 Å². The number of rotatable bonds is 13. The number of benzene rings is 1. The first-order valence-electron chi connectivity index (χ1n) is 8.88. The first-order chi connectivity index (χ1) is 11.8. The molecule has 4 nitrogen and oxygen atoms in total. The largest absolute Gasteiger partial charge is 0.463 e. The zero-order valence-corrected chi connectivity index (χ0v) is 14.6. The molecule has 0 fully saturated rings. The van der Waals surface area contributed by atoms with Gasteiger partial charge in [-0.05, 0) is 50.5 Å². The Bertz CT molecular complexity index is 494. The van der Waals surface area contributed by atoms with Gasteiger partial charge in [-0.15, -0.1) is 0 Å². The van der Waals surface area contributed by atoms with Crippen molar-refractivity contribution in [2.75, 3.05) is 18.5 Å². The smallest absolute Gasteiger partial charge is 0.330 e. The maximum Gasteiger partial charge on any atom is 0.330 e. The molecule has 24 heavy (non-hydrogen) atoms. The van der Waals surface area contributed by atoms with Gasteiger partial charge < -0.3 is 10.1 Å². The van der Waals surface area contributed by atoms with Gasteiger partial charge in [0.2, 0.25) is 0 Å². The Morgan fingerprint density at radius 1 is 1.04 bits per heavy atom. The monoisotopic (exact) mass is 331 g/mol. The summed E-state index contributed by atoms with van der Waals surface area (Å²) >= 11 is 0. The summed E-state index contributed by atoms with van der Waals surface area (Å²) in [7, 11) is 0. The average molecular weight is 331 g/mol. The topological polar surface area (TPSA) is 55.4 Å². The van der Waals surface area contributed by atoms with Crippen LogP contribution in [0, 0.1) is 0 Å². The Morgan fingerprint density at radius 3 is 2.38 bits per heavy atom. The number of allylic oxidation sites excluding steroid dienone is 1. The number of ether oxygens (including phenoxy) is 1. The number of hydrogen-bond donors (Lipinski definition) is 1. The molecule has 0 amide bonds. The lowest BCUT2D eigenvalue weighted by Gasteiger charge is -2.06. The highest BCUT2D eigenvalue weighted by Crippen LogP contribution is 2.10. The molecule has 0 atom stereocenters. The van der Waals surface area contributed by atoms with Gasteiger partial charge in [0.25, 0.3) is 0 Å². The molecule has 0 aliphatic rings. The predicted molar refractivity (Wildman–Crippen MR) is 98.4 cm³/mol. The van der Waals surface area contributed by atoms with Crippen LogP contribution >= 0.6 is 0 Å². The zero-order valence-electron chi connectivity index (χ0n) is 14.6. The summed E-state index contributed by atoms with van der Waals surface area (Å²) in [4.78, 5) is 21.7. The highest BCUT2D eigenvalue weighted by atomic mass is 16.5. The molecule has 4 heteroatoms. The van der Waals surface area contributed by atoms with E-state index in [-0.39, 0.29) is 5.97 Å². The second-order valence-electron chi connectivity index (χ2n) is 5.73. The highest BCUT2D eigenvalue weighted by Gasteiger charge is 1.95. The number of nitrogens with one attached hydrogen (secondary N) is 1. The van der Waals surface area contributed by atoms with Crippen molar-refractivity contribution in [2.45, 2.75) is 51.9 Å². The Hall–Kier alpha value is -2.10. The van der Waals surface area contributed by atoms with E-state index in [0.717, 1.165) is 37.8 Å². The van der Waals surface area contributed by atoms with Gasteiger partial charge in [-0.25, -0.2) is 4.79 Å². The quantitative estimate of drug-likeness (QED) is 0.245. The van der Waals surface area contributed by atoms with Gasteiger partial charge >= 0.3 is 5.97 Å². The van der Waals surface area contributed by atoms with E-state index in [9.17, 15) is 9.59 Å². The fourth-order valence-electron chi connectivity index (χ4n) is 2.38. The van der Waals surface area contributed by atoms with Crippen LogP contribution in [0.1, 0.15) is 62.2 Å². The van der Waals surface area contributed by atoms with Crippen molar-refractivity contribution in [1.29, 1.82) is 0 Å². The van der Waals surface area contributed by atoms with E-state index in [4.69, 9.17) is 4.74 Å². The van der Waals surface area contributed by atoms with Gasteiger partial charge in [0.05, 0.1) is 6.61 Å². The molecule has 0 saturated carbocycles. The first kappa shape index (κ1) is 19.9. The van der Waals surface area contributed by atoms with Gasteiger partial charge in [-0.2, -0.15) is 0 Å². The number of aldehydes is 1. The second-order valence-corrected chi connectivity index (χ2v) is 5.73. The maximum atomic E-state index is 11.1. The molecule has 0 aromatic heterocycles. The van der Waals surface area contributed by atoms with E-state index in [1.165, 1.54) is 31.8 Å². The third kappa shape index (κ3) is 9.82. The molecule has 0 saturated heterocycles. The SMILES string of the molecule is CCOC(=O)C=CCCCCCCCCNc1ccc(C=O)cc1. The average Bonchev–Trinajstić information content (AvgIpc) is 2.60. The Labute approximate surface area is 145 Å². The van der Waals surface area contributed by atoms with Crippen LogP contribution in [-0.2, 0) is 9.53 Å². The van der Waals surface area contributed by atoms with Crippen LogP contribution in [0.4, 0.5) is 5.69 Å². The number of anilines is 1. The summed E-state index contributed by atoms with van der Waals surface area (Å²) in [6, 6.07) is 7.53. The van der Waals surface area contributed by atoms with Crippen molar-refractivity contribution >= 4 is 17.9 Å². The number of esters is 1. The minimum absolute atomic E-state index is 0.245. The molecule has 0 radical (unpaired) electrons. The molecule has 132 valence electrons. The number of carbonyl (C=O) groups excluding carboxylic acids is 2. The fourth-order valence-corrected chi connectivity index (χ4v) is 2.38. The summed E-state index contributed by atoms with van der Waals surface area (Å²) in [5, 5.41) is 3.37. The van der Waals surface area contributed by atoms with Crippen LogP contribution in [0.2, 0.25) is 0 Å². The number of carbonyl (C=O) groups is 2. The molecule has 1 N–H and O–H groups in total. The minimum atomic E-state index is -0.245. The molecule has 1 rings (SSSR count). The van der Waals surface area contributed by atoms with E-state index < -0.39 is 0 Å². The zero-order chi connectivity index (χ0) is 17.5. The first-order valence-corrected chi connectivity index (χ1v) is 8.88.